The smallest absolute Gasteiger partial charge is 0.123 e. The summed E-state index contributed by atoms with van der Waals surface area (Å²) in [6.07, 6.45) is 7.85. The fourth-order valence-corrected chi connectivity index (χ4v) is 2.38. The highest BCUT2D eigenvalue weighted by Gasteiger charge is 2.22. The third kappa shape index (κ3) is 3.15. The van der Waals surface area contributed by atoms with Gasteiger partial charge in [0.2, 0.25) is 0 Å². The van der Waals surface area contributed by atoms with E-state index >= 15 is 0 Å². The highest BCUT2D eigenvalue weighted by molar-refractivity contribution is 5.43. The van der Waals surface area contributed by atoms with Gasteiger partial charge in [0.1, 0.15) is 17.6 Å². The molecule has 1 atom stereocenters. The first-order chi connectivity index (χ1) is 8.33. The number of fused-ring (bicyclic) bond motifs is 1. The van der Waals surface area contributed by atoms with E-state index in [4.69, 9.17) is 9.47 Å². The van der Waals surface area contributed by atoms with E-state index in [9.17, 15) is 0 Å². The second-order valence-electron chi connectivity index (χ2n) is 4.77. The topological polar surface area (TPSA) is 18.5 Å². The summed E-state index contributed by atoms with van der Waals surface area (Å²) < 4.78 is 11.2. The summed E-state index contributed by atoms with van der Waals surface area (Å²) in [6, 6.07) is 6.10. The summed E-state index contributed by atoms with van der Waals surface area (Å²) in [6.45, 7) is 2.24. The summed E-state index contributed by atoms with van der Waals surface area (Å²) in [5.74, 6) is 1.98. The Bertz CT molecular complexity index is 360. The van der Waals surface area contributed by atoms with Crippen LogP contribution in [0.2, 0.25) is 0 Å². The van der Waals surface area contributed by atoms with Gasteiger partial charge in [-0.1, -0.05) is 26.2 Å². The first kappa shape index (κ1) is 12.3. The monoisotopic (exact) mass is 234 g/mol. The number of hydrogen-bond acceptors (Lipinski definition) is 2. The van der Waals surface area contributed by atoms with Crippen LogP contribution in [-0.2, 0) is 6.42 Å². The van der Waals surface area contributed by atoms with E-state index in [2.05, 4.69) is 13.0 Å². The van der Waals surface area contributed by atoms with Gasteiger partial charge in [0.15, 0.2) is 0 Å². The molecule has 1 heterocycles. The third-order valence-electron chi connectivity index (χ3n) is 3.39. The van der Waals surface area contributed by atoms with Crippen molar-refractivity contribution in [3.63, 3.8) is 0 Å². The number of unbranched alkanes of at least 4 members (excludes halogenated alkanes) is 3. The van der Waals surface area contributed by atoms with Gasteiger partial charge in [-0.25, -0.2) is 0 Å². The predicted molar refractivity (Wildman–Crippen MR) is 69.9 cm³/mol. The van der Waals surface area contributed by atoms with Crippen molar-refractivity contribution in [1.29, 1.82) is 0 Å². The highest BCUT2D eigenvalue weighted by Crippen LogP contribution is 2.33. The Morgan fingerprint density at radius 2 is 2.18 bits per heavy atom. The SMILES string of the molecule is CCCCCC[C@@H]1Cc2cc(OC)ccc2O1. The van der Waals surface area contributed by atoms with Crippen LogP contribution in [0.5, 0.6) is 11.5 Å². The number of rotatable bonds is 6. The third-order valence-corrected chi connectivity index (χ3v) is 3.39. The molecule has 0 aliphatic carbocycles. The second-order valence-corrected chi connectivity index (χ2v) is 4.77. The molecule has 2 heteroatoms. The van der Waals surface area contributed by atoms with Crippen molar-refractivity contribution < 1.29 is 9.47 Å². The molecule has 0 saturated heterocycles. The molecule has 0 amide bonds. The van der Waals surface area contributed by atoms with Crippen LogP contribution in [-0.4, -0.2) is 13.2 Å². The van der Waals surface area contributed by atoms with E-state index in [1.165, 1.54) is 37.7 Å². The zero-order valence-electron chi connectivity index (χ0n) is 10.9. The standard InChI is InChI=1S/C15H22O2/c1-3-4-5-6-7-14-11-12-10-13(16-2)8-9-15(12)17-14/h8-10,14H,3-7,11H2,1-2H3/t14-/m1/s1. The van der Waals surface area contributed by atoms with Crippen LogP contribution in [0.25, 0.3) is 0 Å². The Balaban J connectivity index is 1.84. The first-order valence-corrected chi connectivity index (χ1v) is 6.67. The molecule has 1 aliphatic heterocycles. The van der Waals surface area contributed by atoms with Crippen LogP contribution >= 0.6 is 0 Å². The summed E-state index contributed by atoms with van der Waals surface area (Å²) in [5.41, 5.74) is 1.30. The Morgan fingerprint density at radius 1 is 1.29 bits per heavy atom. The summed E-state index contributed by atoms with van der Waals surface area (Å²) >= 11 is 0. The molecule has 1 aromatic carbocycles. The minimum absolute atomic E-state index is 0.383. The normalized spacial score (nSPS) is 17.6. The molecule has 0 N–H and O–H groups in total. The number of benzene rings is 1. The van der Waals surface area contributed by atoms with Gasteiger partial charge in [-0.15, -0.1) is 0 Å². The fraction of sp³-hybridized carbons (Fsp3) is 0.600. The Morgan fingerprint density at radius 3 is 2.94 bits per heavy atom. The number of hydrogen-bond donors (Lipinski definition) is 0. The quantitative estimate of drug-likeness (QED) is 0.693. The van der Waals surface area contributed by atoms with Gasteiger partial charge < -0.3 is 9.47 Å². The minimum Gasteiger partial charge on any atom is -0.497 e. The van der Waals surface area contributed by atoms with Gasteiger partial charge in [0.05, 0.1) is 7.11 Å². The van der Waals surface area contributed by atoms with Crippen LogP contribution in [0, 0.1) is 0 Å². The maximum Gasteiger partial charge on any atom is 0.123 e. The molecule has 0 aromatic heterocycles. The van der Waals surface area contributed by atoms with Crippen LogP contribution in [0.1, 0.15) is 44.6 Å². The maximum absolute atomic E-state index is 5.93. The summed E-state index contributed by atoms with van der Waals surface area (Å²) in [4.78, 5) is 0. The number of methoxy groups -OCH3 is 1. The second kappa shape index (κ2) is 5.95. The molecule has 0 fully saturated rings. The zero-order chi connectivity index (χ0) is 12.1. The van der Waals surface area contributed by atoms with E-state index in [1.807, 2.05) is 12.1 Å². The molecule has 1 aromatic rings. The molecule has 1 aliphatic rings. The molecule has 0 unspecified atom stereocenters. The van der Waals surface area contributed by atoms with Crippen LogP contribution in [0.15, 0.2) is 18.2 Å². The Hall–Kier alpha value is -1.18. The van der Waals surface area contributed by atoms with Crippen LogP contribution in [0.4, 0.5) is 0 Å². The minimum atomic E-state index is 0.383. The van der Waals surface area contributed by atoms with E-state index in [1.54, 1.807) is 7.11 Å². The first-order valence-electron chi connectivity index (χ1n) is 6.67. The fourth-order valence-electron chi connectivity index (χ4n) is 2.38. The molecule has 0 saturated carbocycles. The van der Waals surface area contributed by atoms with Crippen LogP contribution < -0.4 is 9.47 Å². The molecule has 0 spiro atoms. The average Bonchev–Trinajstić information content (AvgIpc) is 2.76. The van der Waals surface area contributed by atoms with Gasteiger partial charge in [-0.3, -0.25) is 0 Å². The van der Waals surface area contributed by atoms with Crippen molar-refractivity contribution in [2.45, 2.75) is 51.6 Å². The predicted octanol–water partition coefficient (Wildman–Crippen LogP) is 3.97. The van der Waals surface area contributed by atoms with Gasteiger partial charge in [-0.2, -0.15) is 0 Å². The van der Waals surface area contributed by atoms with Crippen molar-refractivity contribution in [3.8, 4) is 11.5 Å². The van der Waals surface area contributed by atoms with Gasteiger partial charge >= 0.3 is 0 Å². The molecular weight excluding hydrogens is 212 g/mol. The maximum atomic E-state index is 5.93. The molecule has 17 heavy (non-hydrogen) atoms. The average molecular weight is 234 g/mol. The van der Waals surface area contributed by atoms with E-state index in [0.717, 1.165) is 17.9 Å². The lowest BCUT2D eigenvalue weighted by Crippen LogP contribution is -2.12. The summed E-state index contributed by atoms with van der Waals surface area (Å²) in [7, 11) is 1.71. The summed E-state index contributed by atoms with van der Waals surface area (Å²) in [5, 5.41) is 0. The lowest BCUT2D eigenvalue weighted by molar-refractivity contribution is 0.216. The lowest BCUT2D eigenvalue weighted by Gasteiger charge is -2.09. The van der Waals surface area contributed by atoms with Crippen molar-refractivity contribution in [3.05, 3.63) is 23.8 Å². The molecule has 2 nitrogen and oxygen atoms in total. The van der Waals surface area contributed by atoms with Crippen molar-refractivity contribution in [2.75, 3.05) is 7.11 Å². The Labute approximate surface area is 104 Å². The van der Waals surface area contributed by atoms with E-state index in [-0.39, 0.29) is 0 Å². The molecule has 94 valence electrons. The lowest BCUT2D eigenvalue weighted by atomic mass is 10.0. The molecule has 0 bridgehead atoms. The molecular formula is C15H22O2. The highest BCUT2D eigenvalue weighted by atomic mass is 16.5. The van der Waals surface area contributed by atoms with Crippen molar-refractivity contribution in [2.24, 2.45) is 0 Å². The van der Waals surface area contributed by atoms with Crippen molar-refractivity contribution in [1.82, 2.24) is 0 Å². The largest absolute Gasteiger partial charge is 0.497 e. The Kier molecular flexibility index (Phi) is 4.29. The number of ether oxygens (including phenoxy) is 2. The van der Waals surface area contributed by atoms with Gasteiger partial charge in [0.25, 0.3) is 0 Å². The van der Waals surface area contributed by atoms with Gasteiger partial charge in [-0.05, 0) is 31.0 Å². The van der Waals surface area contributed by atoms with Crippen molar-refractivity contribution >= 4 is 0 Å². The zero-order valence-corrected chi connectivity index (χ0v) is 10.9. The van der Waals surface area contributed by atoms with E-state index < -0.39 is 0 Å². The molecule has 0 radical (unpaired) electrons. The van der Waals surface area contributed by atoms with Crippen LogP contribution in [0.3, 0.4) is 0 Å². The van der Waals surface area contributed by atoms with Gasteiger partial charge in [0, 0.05) is 12.0 Å². The van der Waals surface area contributed by atoms with E-state index in [0.29, 0.717) is 6.10 Å². The molecule has 2 rings (SSSR count).